The van der Waals surface area contributed by atoms with Crippen LogP contribution in [0.1, 0.15) is 18.7 Å². The number of rotatable bonds is 2. The third-order valence-electron chi connectivity index (χ3n) is 3.29. The van der Waals surface area contributed by atoms with E-state index < -0.39 is 0 Å². The first kappa shape index (κ1) is 11.5. The normalized spacial score (nSPS) is 13.8. The smallest absolute Gasteiger partial charge is 0.263 e. The number of tetrazole rings is 1. The van der Waals surface area contributed by atoms with Gasteiger partial charge in [0, 0.05) is 9.75 Å². The molecule has 7 nitrogen and oxygen atoms in total. The van der Waals surface area contributed by atoms with Crippen LogP contribution in [-0.2, 0) is 6.54 Å². The Balaban J connectivity index is 1.98. The number of hydrogen-bond acceptors (Lipinski definition) is 6. The van der Waals surface area contributed by atoms with Crippen LogP contribution >= 0.6 is 11.3 Å². The Morgan fingerprint density at radius 3 is 3.10 bits per heavy atom. The molecule has 0 saturated heterocycles. The van der Waals surface area contributed by atoms with Gasteiger partial charge in [-0.1, -0.05) is 17.4 Å². The second-order valence-corrected chi connectivity index (χ2v) is 5.58. The maximum Gasteiger partial charge on any atom is 0.263 e. The Morgan fingerprint density at radius 2 is 2.25 bits per heavy atom. The number of aromatic amines is 1. The molecule has 0 aliphatic heterocycles. The molecule has 3 heterocycles. The van der Waals surface area contributed by atoms with Gasteiger partial charge in [0.2, 0.25) is 0 Å². The maximum atomic E-state index is 12.6. The van der Waals surface area contributed by atoms with Gasteiger partial charge in [-0.05, 0) is 12.8 Å². The van der Waals surface area contributed by atoms with Gasteiger partial charge in [-0.3, -0.25) is 9.36 Å². The Hall–Kier alpha value is -2.35. The summed E-state index contributed by atoms with van der Waals surface area (Å²) in [5, 5.41) is 15.3. The Bertz CT molecular complexity index is 952. The number of H-pyrrole nitrogens is 1. The van der Waals surface area contributed by atoms with Crippen molar-refractivity contribution in [2.75, 3.05) is 0 Å². The largest absolute Gasteiger partial charge is 0.291 e. The molecule has 20 heavy (non-hydrogen) atoms. The lowest BCUT2D eigenvalue weighted by atomic mass is 10.1. The summed E-state index contributed by atoms with van der Waals surface area (Å²) in [6.45, 7) is 0.270. The minimum absolute atomic E-state index is 0.0520. The molecular formula is C12H10N6OS. The molecule has 8 heteroatoms. The average molecular weight is 286 g/mol. The summed E-state index contributed by atoms with van der Waals surface area (Å²) in [7, 11) is 0. The summed E-state index contributed by atoms with van der Waals surface area (Å²) in [6, 6.07) is 0. The predicted molar refractivity (Wildman–Crippen MR) is 74.6 cm³/mol. The number of hydrogen-bond donors (Lipinski definition) is 1. The number of nitrogens with zero attached hydrogens (tertiary/aromatic N) is 5. The number of aromatic nitrogens is 6. The van der Waals surface area contributed by atoms with Crippen LogP contribution in [0.3, 0.4) is 0 Å². The van der Waals surface area contributed by atoms with Crippen LogP contribution in [0.4, 0.5) is 0 Å². The van der Waals surface area contributed by atoms with Crippen molar-refractivity contribution in [2.45, 2.75) is 19.4 Å². The minimum Gasteiger partial charge on any atom is -0.291 e. The molecule has 0 saturated carbocycles. The zero-order valence-electron chi connectivity index (χ0n) is 10.4. The molecule has 0 radical (unpaired) electrons. The lowest BCUT2D eigenvalue weighted by Crippen LogP contribution is -2.29. The van der Waals surface area contributed by atoms with Gasteiger partial charge < -0.3 is 0 Å². The van der Waals surface area contributed by atoms with E-state index in [2.05, 4.69) is 37.8 Å². The fourth-order valence-electron chi connectivity index (χ4n) is 2.38. The summed E-state index contributed by atoms with van der Waals surface area (Å²) in [5.41, 5.74) is -0.0520. The molecule has 0 fully saturated rings. The van der Waals surface area contributed by atoms with E-state index in [1.165, 1.54) is 4.57 Å². The van der Waals surface area contributed by atoms with Crippen LogP contribution in [-0.4, -0.2) is 30.2 Å². The van der Waals surface area contributed by atoms with E-state index in [9.17, 15) is 4.79 Å². The van der Waals surface area contributed by atoms with Crippen molar-refractivity contribution in [2.24, 2.45) is 0 Å². The molecule has 0 bridgehead atoms. The van der Waals surface area contributed by atoms with E-state index in [1.54, 1.807) is 17.7 Å². The highest BCUT2D eigenvalue weighted by molar-refractivity contribution is 7.16. The topological polar surface area (TPSA) is 89.4 Å². The van der Waals surface area contributed by atoms with Crippen molar-refractivity contribution >= 4 is 33.7 Å². The van der Waals surface area contributed by atoms with Gasteiger partial charge in [-0.25, -0.2) is 4.98 Å². The van der Waals surface area contributed by atoms with E-state index in [4.69, 9.17) is 0 Å². The van der Waals surface area contributed by atoms with Crippen molar-refractivity contribution in [3.8, 4) is 0 Å². The highest BCUT2D eigenvalue weighted by atomic mass is 32.1. The SMILES string of the molecule is O=c1c2c3c(sc2ncn1Cc1nn[nH]n1)=CCCC=3. The standard InChI is InChI=1S/C12H10N6OS/c19-12-10-7-3-1-2-4-8(7)20-11(10)13-6-18(12)5-9-14-16-17-15-9/h3-4,6H,1-2,5H2,(H,14,15,16,17). The zero-order valence-corrected chi connectivity index (χ0v) is 11.2. The minimum atomic E-state index is -0.0520. The third kappa shape index (κ3) is 1.68. The van der Waals surface area contributed by atoms with E-state index in [0.717, 1.165) is 27.4 Å². The van der Waals surface area contributed by atoms with Crippen molar-refractivity contribution in [1.82, 2.24) is 30.2 Å². The predicted octanol–water partition coefficient (Wildman–Crippen LogP) is -0.626. The fourth-order valence-corrected chi connectivity index (χ4v) is 3.48. The zero-order chi connectivity index (χ0) is 13.5. The fraction of sp³-hybridized carbons (Fsp3) is 0.250. The quantitative estimate of drug-likeness (QED) is 0.678. The molecule has 100 valence electrons. The lowest BCUT2D eigenvalue weighted by Gasteiger charge is -2.01. The molecule has 0 unspecified atom stereocenters. The molecule has 3 aromatic rings. The third-order valence-corrected chi connectivity index (χ3v) is 4.40. The number of fused-ring (bicyclic) bond motifs is 3. The van der Waals surface area contributed by atoms with Crippen LogP contribution < -0.4 is 15.3 Å². The van der Waals surface area contributed by atoms with Crippen LogP contribution in [0.2, 0.25) is 0 Å². The van der Waals surface area contributed by atoms with E-state index in [1.807, 2.05) is 0 Å². The first-order valence-electron chi connectivity index (χ1n) is 6.23. The Labute approximate surface area is 116 Å². The van der Waals surface area contributed by atoms with Crippen LogP contribution in [0, 0.1) is 0 Å². The second kappa shape index (κ2) is 4.34. The molecule has 1 N–H and O–H groups in total. The summed E-state index contributed by atoms with van der Waals surface area (Å²) >= 11 is 1.57. The number of thiophene rings is 1. The molecular weight excluding hydrogens is 276 g/mol. The average Bonchev–Trinajstić information content (AvgIpc) is 3.09. The van der Waals surface area contributed by atoms with Crippen LogP contribution in [0.5, 0.6) is 0 Å². The van der Waals surface area contributed by atoms with E-state index in [0.29, 0.717) is 11.2 Å². The monoisotopic (exact) mass is 286 g/mol. The van der Waals surface area contributed by atoms with Crippen LogP contribution in [0.15, 0.2) is 11.1 Å². The highest BCUT2D eigenvalue weighted by Crippen LogP contribution is 2.08. The van der Waals surface area contributed by atoms with Gasteiger partial charge in [0.05, 0.1) is 18.3 Å². The van der Waals surface area contributed by atoms with Gasteiger partial charge in [-0.15, -0.1) is 21.5 Å². The molecule has 0 spiro atoms. The molecule has 1 aliphatic carbocycles. The molecule has 4 rings (SSSR count). The van der Waals surface area contributed by atoms with E-state index in [-0.39, 0.29) is 12.1 Å². The maximum absolute atomic E-state index is 12.6. The summed E-state index contributed by atoms with van der Waals surface area (Å²) < 4.78 is 2.66. The first-order chi connectivity index (χ1) is 9.83. The molecule has 1 aliphatic rings. The van der Waals surface area contributed by atoms with Crippen molar-refractivity contribution in [1.29, 1.82) is 0 Å². The molecule has 0 atom stereocenters. The Morgan fingerprint density at radius 1 is 1.35 bits per heavy atom. The van der Waals surface area contributed by atoms with Crippen molar-refractivity contribution in [3.63, 3.8) is 0 Å². The molecule has 3 aromatic heterocycles. The molecule has 0 amide bonds. The lowest BCUT2D eigenvalue weighted by molar-refractivity contribution is 0.708. The summed E-state index contributed by atoms with van der Waals surface area (Å²) in [5.74, 6) is 0.466. The Kier molecular flexibility index (Phi) is 2.49. The van der Waals surface area contributed by atoms with Crippen molar-refractivity contribution in [3.05, 3.63) is 32.3 Å². The summed E-state index contributed by atoms with van der Waals surface area (Å²) in [6.07, 6.45) is 7.83. The summed E-state index contributed by atoms with van der Waals surface area (Å²) in [4.78, 5) is 17.8. The van der Waals surface area contributed by atoms with Gasteiger partial charge >= 0.3 is 0 Å². The highest BCUT2D eigenvalue weighted by Gasteiger charge is 2.12. The first-order valence-corrected chi connectivity index (χ1v) is 7.05. The van der Waals surface area contributed by atoms with E-state index >= 15 is 0 Å². The molecule has 0 aromatic carbocycles. The van der Waals surface area contributed by atoms with Crippen LogP contribution in [0.25, 0.3) is 22.4 Å². The number of nitrogens with one attached hydrogen (secondary N) is 1. The van der Waals surface area contributed by atoms with Gasteiger partial charge in [0.15, 0.2) is 5.82 Å². The van der Waals surface area contributed by atoms with Gasteiger partial charge in [0.25, 0.3) is 5.56 Å². The van der Waals surface area contributed by atoms with Crippen molar-refractivity contribution < 1.29 is 0 Å². The van der Waals surface area contributed by atoms with Gasteiger partial charge in [-0.2, -0.15) is 5.21 Å². The second-order valence-electron chi connectivity index (χ2n) is 4.55. The van der Waals surface area contributed by atoms with Gasteiger partial charge in [0.1, 0.15) is 4.83 Å².